The van der Waals surface area contributed by atoms with Crippen molar-refractivity contribution in [2.75, 3.05) is 13.2 Å². The lowest BCUT2D eigenvalue weighted by atomic mass is 10.0. The highest BCUT2D eigenvalue weighted by Gasteiger charge is 2.19. The number of allylic oxidation sites excluding steroid dienone is 13. The number of carbonyl (C=O) groups is 3. The molecule has 0 saturated carbocycles. The molecule has 0 amide bonds. The first-order valence-electron chi connectivity index (χ1n) is 31.6. The van der Waals surface area contributed by atoms with Gasteiger partial charge in [0.2, 0.25) is 0 Å². The number of carbonyl (C=O) groups excluding carboxylic acids is 3. The number of unbranched alkanes of at least 4 members (excludes halogenated alkanes) is 33. The summed E-state index contributed by atoms with van der Waals surface area (Å²) in [6.45, 7) is 6.40. The summed E-state index contributed by atoms with van der Waals surface area (Å²) in [4.78, 5) is 38.1. The average Bonchev–Trinajstić information content (AvgIpc) is 3.40. The van der Waals surface area contributed by atoms with Crippen molar-refractivity contribution >= 4 is 17.9 Å². The first-order chi connectivity index (χ1) is 36.5. The monoisotopic (exact) mass is 1030 g/mol. The fraction of sp³-hybridized carbons (Fsp3) is 0.750. The zero-order valence-corrected chi connectivity index (χ0v) is 48.8. The van der Waals surface area contributed by atoms with Crippen LogP contribution in [0.1, 0.15) is 310 Å². The van der Waals surface area contributed by atoms with Gasteiger partial charge in [-0.1, -0.05) is 305 Å². The summed E-state index contributed by atoms with van der Waals surface area (Å²) in [7, 11) is 0. The lowest BCUT2D eigenvalue weighted by Crippen LogP contribution is -2.30. The van der Waals surface area contributed by atoms with Gasteiger partial charge in [-0.25, -0.2) is 0 Å². The summed E-state index contributed by atoms with van der Waals surface area (Å²) in [5.41, 5.74) is 0. The van der Waals surface area contributed by atoms with Gasteiger partial charge < -0.3 is 14.2 Å². The lowest BCUT2D eigenvalue weighted by molar-refractivity contribution is -0.166. The molecule has 0 aliphatic heterocycles. The second kappa shape index (κ2) is 62.1. The molecule has 0 aliphatic carbocycles. The molecule has 0 fully saturated rings. The number of esters is 3. The SMILES string of the molecule is CC/C=C\C/C=C\C/C=C\C/C=C\C/C=C\CC(=O)OC(COC(=O)CCCCCCC/C=C\C/C=C\CCC)COC(=O)CCCCCCCCCCCCCCCCCCCCCCCCCCCCCC. The van der Waals surface area contributed by atoms with Crippen molar-refractivity contribution in [1.29, 1.82) is 0 Å². The minimum Gasteiger partial charge on any atom is -0.462 e. The fourth-order valence-electron chi connectivity index (χ4n) is 8.97. The second-order valence-corrected chi connectivity index (χ2v) is 21.0. The normalized spacial score (nSPS) is 12.6. The van der Waals surface area contributed by atoms with Gasteiger partial charge in [-0.15, -0.1) is 0 Å². The van der Waals surface area contributed by atoms with Crippen LogP contribution in [0.25, 0.3) is 0 Å². The van der Waals surface area contributed by atoms with E-state index in [0.29, 0.717) is 12.8 Å². The third kappa shape index (κ3) is 59.5. The van der Waals surface area contributed by atoms with Crippen LogP contribution in [0.5, 0.6) is 0 Å². The average molecular weight is 1030 g/mol. The maximum absolute atomic E-state index is 12.8. The predicted molar refractivity (Wildman–Crippen MR) is 321 cm³/mol. The zero-order valence-electron chi connectivity index (χ0n) is 48.8. The Bertz CT molecular complexity index is 1420. The topological polar surface area (TPSA) is 78.9 Å². The van der Waals surface area contributed by atoms with Gasteiger partial charge in [0.05, 0.1) is 6.42 Å². The van der Waals surface area contributed by atoms with Gasteiger partial charge in [0, 0.05) is 12.8 Å². The standard InChI is InChI=1S/C68H118O6/c1-4-7-10-13-16-19-22-25-27-28-29-30-31-32-33-34-35-36-37-38-39-41-43-46-49-52-55-58-61-67(70)73-64-65(63-72-66(69)60-57-54-51-48-45-42-24-21-18-15-12-9-6-3)74-68(71)62-59-56-53-50-47-44-40-26-23-20-17-14-11-8-5-2/h8,11-12,15,17,20-21,24,26,40,47,50,56,59,65H,4-7,9-10,13-14,16,18-19,22-23,25,27-39,41-46,48-49,51-55,57-58,60-64H2,1-3H3/b11-8-,15-12-,20-17-,24-21-,40-26-,50-47-,59-56-. The Morgan fingerprint density at radius 1 is 0.297 bits per heavy atom. The Kier molecular flexibility index (Phi) is 59.3. The van der Waals surface area contributed by atoms with Crippen molar-refractivity contribution in [3.05, 3.63) is 85.1 Å². The Balaban J connectivity index is 4.26. The summed E-state index contributed by atoms with van der Waals surface area (Å²) in [5.74, 6) is -1.05. The third-order valence-corrected chi connectivity index (χ3v) is 13.6. The summed E-state index contributed by atoms with van der Waals surface area (Å²) in [6.07, 6.45) is 82.1. The molecule has 0 aliphatic rings. The minimum atomic E-state index is -0.836. The molecule has 1 unspecified atom stereocenters. The zero-order chi connectivity index (χ0) is 53.6. The summed E-state index contributed by atoms with van der Waals surface area (Å²) < 4.78 is 16.8. The molecule has 0 saturated heterocycles. The van der Waals surface area contributed by atoms with E-state index < -0.39 is 12.1 Å². The summed E-state index contributed by atoms with van der Waals surface area (Å²) in [5, 5.41) is 0. The van der Waals surface area contributed by atoms with E-state index in [9.17, 15) is 14.4 Å². The highest BCUT2D eigenvalue weighted by atomic mass is 16.6. The van der Waals surface area contributed by atoms with E-state index in [1.54, 1.807) is 6.08 Å². The molecule has 0 N–H and O–H groups in total. The van der Waals surface area contributed by atoms with E-state index >= 15 is 0 Å². The highest BCUT2D eigenvalue weighted by molar-refractivity contribution is 5.72. The molecule has 0 radical (unpaired) electrons. The van der Waals surface area contributed by atoms with Crippen molar-refractivity contribution in [2.24, 2.45) is 0 Å². The largest absolute Gasteiger partial charge is 0.462 e. The first-order valence-corrected chi connectivity index (χ1v) is 31.6. The van der Waals surface area contributed by atoms with E-state index in [2.05, 4.69) is 93.7 Å². The minimum absolute atomic E-state index is 0.0946. The lowest BCUT2D eigenvalue weighted by Gasteiger charge is -2.18. The fourth-order valence-corrected chi connectivity index (χ4v) is 8.97. The van der Waals surface area contributed by atoms with Crippen molar-refractivity contribution in [1.82, 2.24) is 0 Å². The first kappa shape index (κ1) is 70.6. The molecule has 0 bridgehead atoms. The predicted octanol–water partition coefficient (Wildman–Crippen LogP) is 21.5. The van der Waals surface area contributed by atoms with Crippen LogP contribution in [0.3, 0.4) is 0 Å². The molecule has 0 aromatic carbocycles. The number of rotatable bonds is 57. The molecule has 74 heavy (non-hydrogen) atoms. The van der Waals surface area contributed by atoms with Crippen LogP contribution in [-0.4, -0.2) is 37.2 Å². The van der Waals surface area contributed by atoms with E-state index in [1.807, 2.05) is 6.08 Å². The molecule has 6 nitrogen and oxygen atoms in total. The molecule has 0 spiro atoms. The molecule has 0 aromatic rings. The highest BCUT2D eigenvalue weighted by Crippen LogP contribution is 2.17. The maximum Gasteiger partial charge on any atom is 0.310 e. The van der Waals surface area contributed by atoms with Gasteiger partial charge in [-0.3, -0.25) is 14.4 Å². The van der Waals surface area contributed by atoms with Gasteiger partial charge in [0.1, 0.15) is 13.2 Å². The number of hydrogen-bond acceptors (Lipinski definition) is 6. The Morgan fingerprint density at radius 2 is 0.595 bits per heavy atom. The summed E-state index contributed by atoms with van der Waals surface area (Å²) in [6, 6.07) is 0. The quantitative estimate of drug-likeness (QED) is 0.0261. The number of ether oxygens (including phenoxy) is 3. The second-order valence-electron chi connectivity index (χ2n) is 21.0. The molecule has 0 rings (SSSR count). The van der Waals surface area contributed by atoms with E-state index in [1.165, 1.54) is 167 Å². The molecule has 6 heteroatoms. The molecule has 426 valence electrons. The van der Waals surface area contributed by atoms with Crippen molar-refractivity contribution in [3.8, 4) is 0 Å². The Labute approximate surface area is 458 Å². The van der Waals surface area contributed by atoms with Crippen LogP contribution in [0.2, 0.25) is 0 Å². The Morgan fingerprint density at radius 3 is 0.946 bits per heavy atom. The van der Waals surface area contributed by atoms with Gasteiger partial charge in [-0.05, 0) is 70.6 Å². The van der Waals surface area contributed by atoms with Crippen molar-refractivity contribution < 1.29 is 28.6 Å². The van der Waals surface area contributed by atoms with E-state index in [4.69, 9.17) is 14.2 Å². The van der Waals surface area contributed by atoms with Crippen LogP contribution in [0.15, 0.2) is 85.1 Å². The van der Waals surface area contributed by atoms with E-state index in [-0.39, 0.29) is 31.6 Å². The van der Waals surface area contributed by atoms with Crippen LogP contribution in [-0.2, 0) is 28.6 Å². The molecule has 1 atom stereocenters. The van der Waals surface area contributed by atoms with Gasteiger partial charge in [-0.2, -0.15) is 0 Å². The van der Waals surface area contributed by atoms with Crippen molar-refractivity contribution in [2.45, 2.75) is 316 Å². The Hall–Kier alpha value is -3.41. The summed E-state index contributed by atoms with van der Waals surface area (Å²) >= 11 is 0. The van der Waals surface area contributed by atoms with Gasteiger partial charge in [0.25, 0.3) is 0 Å². The van der Waals surface area contributed by atoms with Crippen LogP contribution >= 0.6 is 0 Å². The molecule has 0 heterocycles. The molecular weight excluding hydrogens is 913 g/mol. The van der Waals surface area contributed by atoms with Gasteiger partial charge >= 0.3 is 17.9 Å². The molecule has 0 aromatic heterocycles. The smallest absolute Gasteiger partial charge is 0.310 e. The maximum atomic E-state index is 12.8. The van der Waals surface area contributed by atoms with Crippen LogP contribution in [0, 0.1) is 0 Å². The molecular formula is C68H118O6. The number of hydrogen-bond donors (Lipinski definition) is 0. The van der Waals surface area contributed by atoms with Gasteiger partial charge in [0.15, 0.2) is 6.10 Å². The van der Waals surface area contributed by atoms with Crippen LogP contribution in [0.4, 0.5) is 0 Å². The van der Waals surface area contributed by atoms with Crippen molar-refractivity contribution in [3.63, 3.8) is 0 Å². The van der Waals surface area contributed by atoms with E-state index in [0.717, 1.165) is 103 Å². The third-order valence-electron chi connectivity index (χ3n) is 13.6. The van der Waals surface area contributed by atoms with Crippen LogP contribution < -0.4 is 0 Å².